The van der Waals surface area contributed by atoms with Crippen molar-refractivity contribution < 1.29 is 18.0 Å². The zero-order valence-electron chi connectivity index (χ0n) is 10.5. The van der Waals surface area contributed by atoms with Crippen molar-refractivity contribution in [3.63, 3.8) is 0 Å². The summed E-state index contributed by atoms with van der Waals surface area (Å²) in [6, 6.07) is 10.8. The lowest BCUT2D eigenvalue weighted by molar-refractivity contribution is -0.137. The fourth-order valence-corrected chi connectivity index (χ4v) is 1.93. The molecular formula is C14H10F3IN2O. The number of alkyl halides is 3. The van der Waals surface area contributed by atoms with E-state index in [1.165, 1.54) is 12.1 Å². The Labute approximate surface area is 132 Å². The predicted molar refractivity (Wildman–Crippen MR) is 83.2 cm³/mol. The number of amides is 2. The Hall–Kier alpha value is -1.77. The van der Waals surface area contributed by atoms with Crippen LogP contribution in [-0.2, 0) is 6.18 Å². The molecule has 0 saturated carbocycles. The Kier molecular flexibility index (Phi) is 4.71. The molecule has 2 aromatic carbocycles. The van der Waals surface area contributed by atoms with Crippen LogP contribution in [-0.4, -0.2) is 6.03 Å². The summed E-state index contributed by atoms with van der Waals surface area (Å²) in [5.41, 5.74) is 0.122. The highest BCUT2D eigenvalue weighted by molar-refractivity contribution is 14.1. The van der Waals surface area contributed by atoms with E-state index in [2.05, 4.69) is 33.2 Å². The van der Waals surface area contributed by atoms with Gasteiger partial charge in [0.15, 0.2) is 0 Å². The van der Waals surface area contributed by atoms with Crippen LogP contribution in [0.5, 0.6) is 0 Å². The SMILES string of the molecule is O=C(Nc1ccc(I)cc1)Nc1ccc(C(F)(F)F)cc1. The number of halogens is 4. The van der Waals surface area contributed by atoms with Gasteiger partial charge in [-0.25, -0.2) is 4.79 Å². The summed E-state index contributed by atoms with van der Waals surface area (Å²) >= 11 is 2.14. The lowest BCUT2D eigenvalue weighted by atomic mass is 10.2. The molecule has 0 atom stereocenters. The predicted octanol–water partition coefficient (Wildman–Crippen LogP) is 4.95. The Morgan fingerprint density at radius 1 is 0.857 bits per heavy atom. The maximum atomic E-state index is 12.4. The minimum atomic E-state index is -4.39. The molecule has 3 nitrogen and oxygen atoms in total. The van der Waals surface area contributed by atoms with Crippen molar-refractivity contribution in [3.8, 4) is 0 Å². The fraction of sp³-hybridized carbons (Fsp3) is 0.0714. The first kappa shape index (κ1) is 15.6. The summed E-state index contributed by atoms with van der Waals surface area (Å²) in [7, 11) is 0. The van der Waals surface area contributed by atoms with Crippen LogP contribution in [0.2, 0.25) is 0 Å². The van der Waals surface area contributed by atoms with E-state index in [1.807, 2.05) is 12.1 Å². The van der Waals surface area contributed by atoms with Gasteiger partial charge in [0, 0.05) is 14.9 Å². The normalized spacial score (nSPS) is 11.0. The number of hydrogen-bond acceptors (Lipinski definition) is 1. The number of anilines is 2. The van der Waals surface area contributed by atoms with Gasteiger partial charge in [-0.05, 0) is 71.1 Å². The fourth-order valence-electron chi connectivity index (χ4n) is 1.57. The van der Waals surface area contributed by atoms with Crippen LogP contribution < -0.4 is 10.6 Å². The van der Waals surface area contributed by atoms with Crippen molar-refractivity contribution in [2.24, 2.45) is 0 Å². The van der Waals surface area contributed by atoms with Crippen LogP contribution in [0.3, 0.4) is 0 Å². The van der Waals surface area contributed by atoms with Gasteiger partial charge in [0.05, 0.1) is 5.56 Å². The van der Waals surface area contributed by atoms with Gasteiger partial charge in [-0.15, -0.1) is 0 Å². The number of hydrogen-bond donors (Lipinski definition) is 2. The summed E-state index contributed by atoms with van der Waals surface area (Å²) in [5.74, 6) is 0. The third-order valence-electron chi connectivity index (χ3n) is 2.57. The topological polar surface area (TPSA) is 41.1 Å². The van der Waals surface area contributed by atoms with Gasteiger partial charge in [0.25, 0.3) is 0 Å². The van der Waals surface area contributed by atoms with Gasteiger partial charge in [0.2, 0.25) is 0 Å². The molecule has 2 aromatic rings. The molecule has 7 heteroatoms. The highest BCUT2D eigenvalue weighted by Gasteiger charge is 2.29. The van der Waals surface area contributed by atoms with Crippen LogP contribution in [0.1, 0.15) is 5.56 Å². The highest BCUT2D eigenvalue weighted by Crippen LogP contribution is 2.29. The smallest absolute Gasteiger partial charge is 0.308 e. The zero-order valence-corrected chi connectivity index (χ0v) is 12.7. The number of benzene rings is 2. The second-order valence-electron chi connectivity index (χ2n) is 4.16. The largest absolute Gasteiger partial charge is 0.416 e. The molecule has 0 aliphatic carbocycles. The molecule has 110 valence electrons. The minimum Gasteiger partial charge on any atom is -0.308 e. The Bertz CT molecular complexity index is 624. The minimum absolute atomic E-state index is 0.283. The molecule has 2 rings (SSSR count). The van der Waals surface area contributed by atoms with E-state index in [0.29, 0.717) is 5.69 Å². The number of nitrogens with one attached hydrogen (secondary N) is 2. The van der Waals surface area contributed by atoms with Crippen molar-refractivity contribution in [3.05, 3.63) is 57.7 Å². The molecule has 0 radical (unpaired) electrons. The summed E-state index contributed by atoms with van der Waals surface area (Å²) in [4.78, 5) is 11.7. The van der Waals surface area contributed by atoms with Gasteiger partial charge in [-0.2, -0.15) is 13.2 Å². The molecule has 0 fully saturated rings. The van der Waals surface area contributed by atoms with Gasteiger partial charge >= 0.3 is 12.2 Å². The summed E-state index contributed by atoms with van der Waals surface area (Å²) in [6.45, 7) is 0. The second-order valence-corrected chi connectivity index (χ2v) is 5.41. The lowest BCUT2D eigenvalue weighted by Crippen LogP contribution is -2.19. The van der Waals surface area contributed by atoms with E-state index in [9.17, 15) is 18.0 Å². The summed E-state index contributed by atoms with van der Waals surface area (Å²) in [5, 5.41) is 5.05. The van der Waals surface area contributed by atoms with Gasteiger partial charge in [0.1, 0.15) is 0 Å². The quantitative estimate of drug-likeness (QED) is 0.681. The zero-order chi connectivity index (χ0) is 15.5. The average Bonchev–Trinajstić information content (AvgIpc) is 2.41. The molecule has 0 saturated heterocycles. The molecule has 0 bridgehead atoms. The number of carbonyl (C=O) groups is 1. The number of carbonyl (C=O) groups excluding carboxylic acids is 1. The first-order valence-corrected chi connectivity index (χ1v) is 6.93. The van der Waals surface area contributed by atoms with Crippen molar-refractivity contribution in [1.82, 2.24) is 0 Å². The summed E-state index contributed by atoms with van der Waals surface area (Å²) in [6.07, 6.45) is -4.39. The maximum absolute atomic E-state index is 12.4. The monoisotopic (exact) mass is 406 g/mol. The molecule has 0 heterocycles. The van der Waals surface area contributed by atoms with Crippen LogP contribution in [0.4, 0.5) is 29.3 Å². The van der Waals surface area contributed by atoms with Gasteiger partial charge < -0.3 is 10.6 Å². The third kappa shape index (κ3) is 4.62. The maximum Gasteiger partial charge on any atom is 0.416 e. The third-order valence-corrected chi connectivity index (χ3v) is 3.29. The van der Waals surface area contributed by atoms with E-state index in [0.717, 1.165) is 15.7 Å². The Morgan fingerprint density at radius 3 is 1.71 bits per heavy atom. The summed E-state index contributed by atoms with van der Waals surface area (Å²) < 4.78 is 38.2. The van der Waals surface area contributed by atoms with Gasteiger partial charge in [-0.3, -0.25) is 0 Å². The van der Waals surface area contributed by atoms with Crippen LogP contribution in [0.15, 0.2) is 48.5 Å². The van der Waals surface area contributed by atoms with E-state index < -0.39 is 17.8 Å². The molecule has 0 aliphatic rings. The van der Waals surface area contributed by atoms with E-state index in [4.69, 9.17) is 0 Å². The molecule has 0 aromatic heterocycles. The molecule has 0 unspecified atom stereocenters. The molecular weight excluding hydrogens is 396 g/mol. The molecule has 2 amide bonds. The molecule has 21 heavy (non-hydrogen) atoms. The molecule has 0 spiro atoms. The molecule has 2 N–H and O–H groups in total. The van der Waals surface area contributed by atoms with Crippen LogP contribution in [0.25, 0.3) is 0 Å². The number of urea groups is 1. The van der Waals surface area contributed by atoms with Crippen molar-refractivity contribution in [2.45, 2.75) is 6.18 Å². The van der Waals surface area contributed by atoms with E-state index >= 15 is 0 Å². The van der Waals surface area contributed by atoms with Crippen molar-refractivity contribution in [2.75, 3.05) is 10.6 Å². The Balaban J connectivity index is 1.98. The van der Waals surface area contributed by atoms with Crippen LogP contribution in [0, 0.1) is 3.57 Å². The Morgan fingerprint density at radius 2 is 1.29 bits per heavy atom. The first-order chi connectivity index (χ1) is 9.84. The standard InChI is InChI=1S/C14H10F3IN2O/c15-14(16,17)9-1-5-11(6-2-9)19-13(21)20-12-7-3-10(18)4-8-12/h1-8H,(H2,19,20,21). The average molecular weight is 406 g/mol. The second kappa shape index (κ2) is 6.33. The van der Waals surface area contributed by atoms with Crippen molar-refractivity contribution >= 4 is 40.0 Å². The number of rotatable bonds is 2. The molecule has 0 aliphatic heterocycles. The van der Waals surface area contributed by atoms with Gasteiger partial charge in [-0.1, -0.05) is 0 Å². The van der Waals surface area contributed by atoms with E-state index in [1.54, 1.807) is 12.1 Å². The highest BCUT2D eigenvalue weighted by atomic mass is 127. The first-order valence-electron chi connectivity index (χ1n) is 5.85. The lowest BCUT2D eigenvalue weighted by Gasteiger charge is -2.10. The van der Waals surface area contributed by atoms with E-state index in [-0.39, 0.29) is 5.69 Å². The van der Waals surface area contributed by atoms with Crippen LogP contribution >= 0.6 is 22.6 Å². The van der Waals surface area contributed by atoms with Crippen molar-refractivity contribution in [1.29, 1.82) is 0 Å².